The molecule has 1 aliphatic rings. The quantitative estimate of drug-likeness (QED) is 0.599. The van der Waals surface area contributed by atoms with Gasteiger partial charge in [0.25, 0.3) is 0 Å². The van der Waals surface area contributed by atoms with Crippen molar-refractivity contribution in [1.82, 2.24) is 4.90 Å². The summed E-state index contributed by atoms with van der Waals surface area (Å²) in [6.07, 6.45) is 4.04. The van der Waals surface area contributed by atoms with E-state index in [1.54, 1.807) is 12.0 Å². The fourth-order valence-electron chi connectivity index (χ4n) is 2.50. The molecule has 0 aromatic carbocycles. The summed E-state index contributed by atoms with van der Waals surface area (Å²) in [5.41, 5.74) is -0.145. The minimum atomic E-state index is -0.340. The number of carbonyl (C=O) groups excluding carboxylic acids is 1. The summed E-state index contributed by atoms with van der Waals surface area (Å²) in [7, 11) is 1.67. The van der Waals surface area contributed by atoms with E-state index in [-0.39, 0.29) is 17.4 Å². The van der Waals surface area contributed by atoms with Crippen LogP contribution in [0.4, 0.5) is 4.79 Å². The fourth-order valence-corrected chi connectivity index (χ4v) is 2.66. The average molecular weight is 278 g/mol. The first-order valence-electron chi connectivity index (χ1n) is 6.55. The highest BCUT2D eigenvalue weighted by Crippen LogP contribution is 2.30. The molecule has 0 aromatic rings. The van der Waals surface area contributed by atoms with E-state index >= 15 is 0 Å². The van der Waals surface area contributed by atoms with E-state index in [0.717, 1.165) is 38.8 Å². The molecule has 1 fully saturated rings. The summed E-state index contributed by atoms with van der Waals surface area (Å²) in [6.45, 7) is 4.30. The Balaban J connectivity index is 2.30. The van der Waals surface area contributed by atoms with E-state index in [2.05, 4.69) is 0 Å². The second-order valence-corrected chi connectivity index (χ2v) is 5.95. The first-order valence-corrected chi connectivity index (χ1v) is 6.93. The highest BCUT2D eigenvalue weighted by molar-refractivity contribution is 6.62. The average Bonchev–Trinajstić information content (AvgIpc) is 2.37. The molecule has 106 valence electrons. The summed E-state index contributed by atoms with van der Waals surface area (Å²) < 4.78 is 5.16. The van der Waals surface area contributed by atoms with Gasteiger partial charge in [-0.2, -0.15) is 0 Å². The van der Waals surface area contributed by atoms with Crippen LogP contribution in [0.1, 0.15) is 32.6 Å². The largest absolute Gasteiger partial charge is 0.396 e. The lowest BCUT2D eigenvalue weighted by Crippen LogP contribution is -2.36. The maximum atomic E-state index is 11.0. The molecule has 1 aliphatic heterocycles. The van der Waals surface area contributed by atoms with Gasteiger partial charge in [0, 0.05) is 25.6 Å². The van der Waals surface area contributed by atoms with Crippen LogP contribution < -0.4 is 0 Å². The monoisotopic (exact) mass is 277 g/mol. The van der Waals surface area contributed by atoms with Gasteiger partial charge < -0.3 is 14.7 Å². The number of piperidine rings is 1. The second-order valence-electron chi connectivity index (χ2n) is 5.62. The highest BCUT2D eigenvalue weighted by Gasteiger charge is 2.27. The van der Waals surface area contributed by atoms with E-state index in [1.807, 2.05) is 6.92 Å². The van der Waals surface area contributed by atoms with Crippen LogP contribution in [0.2, 0.25) is 0 Å². The van der Waals surface area contributed by atoms with Crippen molar-refractivity contribution in [2.24, 2.45) is 11.3 Å². The predicted octanol–water partition coefficient (Wildman–Crippen LogP) is 2.48. The number of amides is 1. The van der Waals surface area contributed by atoms with Gasteiger partial charge in [-0.15, -0.1) is 0 Å². The Kier molecular flexibility index (Phi) is 6.39. The minimum absolute atomic E-state index is 0.145. The molecule has 0 spiro atoms. The van der Waals surface area contributed by atoms with Gasteiger partial charge in [0.1, 0.15) is 0 Å². The lowest BCUT2D eigenvalue weighted by atomic mass is 9.81. The number of ether oxygens (including phenoxy) is 1. The number of halogens is 1. The molecule has 1 rings (SSSR count). The van der Waals surface area contributed by atoms with Crippen molar-refractivity contribution in [2.45, 2.75) is 32.6 Å². The van der Waals surface area contributed by atoms with E-state index in [9.17, 15) is 9.90 Å². The minimum Gasteiger partial charge on any atom is -0.396 e. The van der Waals surface area contributed by atoms with Gasteiger partial charge in [0.2, 0.25) is 0 Å². The van der Waals surface area contributed by atoms with Crippen LogP contribution in [0, 0.1) is 11.3 Å². The van der Waals surface area contributed by atoms with Gasteiger partial charge in [0.15, 0.2) is 0 Å². The Bertz CT molecular complexity index is 267. The van der Waals surface area contributed by atoms with Gasteiger partial charge in [-0.3, -0.25) is 4.79 Å². The van der Waals surface area contributed by atoms with Crippen LogP contribution in [0.5, 0.6) is 0 Å². The number of rotatable bonds is 6. The number of likely N-dealkylation sites (tertiary alicyclic amines) is 1. The Labute approximate surface area is 114 Å². The maximum absolute atomic E-state index is 11.0. The van der Waals surface area contributed by atoms with Gasteiger partial charge in [-0.05, 0) is 43.2 Å². The van der Waals surface area contributed by atoms with E-state index < -0.39 is 0 Å². The topological polar surface area (TPSA) is 49.8 Å². The number of hydrogen-bond acceptors (Lipinski definition) is 3. The zero-order chi connectivity index (χ0) is 13.6. The SMILES string of the molecule is COCC(C)(CO)CCC1CCN(C(=O)Cl)CC1. The molecule has 1 unspecified atom stereocenters. The van der Waals surface area contributed by atoms with E-state index in [1.165, 1.54) is 0 Å². The van der Waals surface area contributed by atoms with E-state index in [0.29, 0.717) is 12.5 Å². The Hall–Kier alpha value is -0.320. The normalized spacial score (nSPS) is 20.8. The molecule has 4 nitrogen and oxygen atoms in total. The summed E-state index contributed by atoms with van der Waals surface area (Å²) in [4.78, 5) is 12.7. The van der Waals surface area contributed by atoms with Crippen LogP contribution in [-0.2, 0) is 4.74 Å². The summed E-state index contributed by atoms with van der Waals surface area (Å²) in [5.74, 6) is 0.625. The number of aliphatic hydroxyl groups excluding tert-OH is 1. The summed E-state index contributed by atoms with van der Waals surface area (Å²) in [5, 5.41) is 9.07. The van der Waals surface area contributed by atoms with Crippen LogP contribution in [0.25, 0.3) is 0 Å². The molecule has 1 amide bonds. The molecule has 1 atom stereocenters. The summed E-state index contributed by atoms with van der Waals surface area (Å²) >= 11 is 5.46. The van der Waals surface area contributed by atoms with Gasteiger partial charge >= 0.3 is 5.37 Å². The zero-order valence-corrected chi connectivity index (χ0v) is 12.1. The Morgan fingerprint density at radius 1 is 1.50 bits per heavy atom. The first-order chi connectivity index (χ1) is 8.50. The van der Waals surface area contributed by atoms with Crippen molar-refractivity contribution in [1.29, 1.82) is 0 Å². The number of carbonyl (C=O) groups is 1. The van der Waals surface area contributed by atoms with Crippen molar-refractivity contribution in [3.8, 4) is 0 Å². The van der Waals surface area contributed by atoms with Crippen molar-refractivity contribution >= 4 is 17.0 Å². The fraction of sp³-hybridized carbons (Fsp3) is 0.923. The molecular weight excluding hydrogens is 254 g/mol. The van der Waals surface area contributed by atoms with Crippen molar-refractivity contribution in [3.63, 3.8) is 0 Å². The molecule has 0 radical (unpaired) electrons. The number of aliphatic hydroxyl groups is 1. The smallest absolute Gasteiger partial charge is 0.316 e. The third kappa shape index (κ3) is 4.75. The van der Waals surface area contributed by atoms with Gasteiger partial charge in [0.05, 0.1) is 13.2 Å². The maximum Gasteiger partial charge on any atom is 0.316 e. The van der Waals surface area contributed by atoms with Crippen LogP contribution >= 0.6 is 11.6 Å². The number of nitrogens with zero attached hydrogens (tertiary/aromatic N) is 1. The molecule has 1 heterocycles. The lowest BCUT2D eigenvalue weighted by molar-refractivity contribution is 0.0300. The predicted molar refractivity (Wildman–Crippen MR) is 71.8 cm³/mol. The zero-order valence-electron chi connectivity index (χ0n) is 11.3. The first kappa shape index (κ1) is 15.7. The van der Waals surface area contributed by atoms with Gasteiger partial charge in [-0.1, -0.05) is 6.92 Å². The highest BCUT2D eigenvalue weighted by atomic mass is 35.5. The van der Waals surface area contributed by atoms with E-state index in [4.69, 9.17) is 16.3 Å². The molecule has 5 heteroatoms. The second kappa shape index (κ2) is 7.31. The molecule has 0 bridgehead atoms. The number of hydrogen-bond donors (Lipinski definition) is 1. The summed E-state index contributed by atoms with van der Waals surface area (Å²) in [6, 6.07) is 0. The van der Waals surface area contributed by atoms with Crippen molar-refractivity contribution in [2.75, 3.05) is 33.4 Å². The molecule has 0 aliphatic carbocycles. The van der Waals surface area contributed by atoms with Crippen LogP contribution in [0.15, 0.2) is 0 Å². The molecule has 1 saturated heterocycles. The molecule has 18 heavy (non-hydrogen) atoms. The Morgan fingerprint density at radius 2 is 2.11 bits per heavy atom. The molecule has 0 aromatic heterocycles. The Morgan fingerprint density at radius 3 is 2.56 bits per heavy atom. The van der Waals surface area contributed by atoms with Crippen LogP contribution in [0.3, 0.4) is 0 Å². The standard InChI is InChI=1S/C13H24ClNO3/c1-13(9-16,10-18-2)6-3-11-4-7-15(8-5-11)12(14)17/h11,16H,3-10H2,1-2H3. The van der Waals surface area contributed by atoms with Crippen molar-refractivity contribution in [3.05, 3.63) is 0 Å². The molecule has 1 N–H and O–H groups in total. The number of methoxy groups -OCH3 is 1. The third-order valence-corrected chi connectivity index (χ3v) is 4.13. The lowest BCUT2D eigenvalue weighted by Gasteiger charge is -2.33. The van der Waals surface area contributed by atoms with Crippen LogP contribution in [-0.4, -0.2) is 48.8 Å². The molecular formula is C13H24ClNO3. The third-order valence-electron chi connectivity index (χ3n) is 3.89. The van der Waals surface area contributed by atoms with Crippen molar-refractivity contribution < 1.29 is 14.6 Å². The van der Waals surface area contributed by atoms with Gasteiger partial charge in [-0.25, -0.2) is 0 Å². The molecule has 0 saturated carbocycles.